The molecule has 2 N–H and O–H groups in total. The highest BCUT2D eigenvalue weighted by atomic mass is 16.5. The fourth-order valence-corrected chi connectivity index (χ4v) is 1.04. The van der Waals surface area contributed by atoms with Gasteiger partial charge >= 0.3 is 5.97 Å². The summed E-state index contributed by atoms with van der Waals surface area (Å²) in [5, 5.41) is 11.0. The summed E-state index contributed by atoms with van der Waals surface area (Å²) in [7, 11) is 1.22. The van der Waals surface area contributed by atoms with Gasteiger partial charge in [0.2, 0.25) is 0 Å². The highest BCUT2D eigenvalue weighted by Gasteiger charge is 2.29. The Morgan fingerprint density at radius 1 is 1.43 bits per heavy atom. The Balaban J connectivity index is 2.64. The van der Waals surface area contributed by atoms with E-state index < -0.39 is 23.5 Å². The number of imide groups is 1. The maximum Gasteiger partial charge on any atom is 0.305 e. The number of esters is 1. The summed E-state index contributed by atoms with van der Waals surface area (Å²) in [6.45, 7) is 0. The number of hydrogen-bond donors (Lipinski definition) is 2. The largest absolute Gasteiger partial charge is 0.503 e. The van der Waals surface area contributed by atoms with E-state index in [2.05, 4.69) is 4.74 Å². The molecule has 0 aromatic carbocycles. The number of aliphatic hydroxyl groups excluding tert-OH is 1. The van der Waals surface area contributed by atoms with Gasteiger partial charge in [0, 0.05) is 6.42 Å². The minimum Gasteiger partial charge on any atom is -0.503 e. The fourth-order valence-electron chi connectivity index (χ4n) is 1.04. The fraction of sp³-hybridized carbons (Fsp3) is 0.375. The number of amides is 2. The maximum absolute atomic E-state index is 11.0. The predicted octanol–water partition coefficient (Wildman–Crippen LogP) is -0.592. The van der Waals surface area contributed by atoms with Crippen molar-refractivity contribution < 1.29 is 24.2 Å². The van der Waals surface area contributed by atoms with Crippen LogP contribution in [0.2, 0.25) is 0 Å². The topological polar surface area (TPSA) is 92.7 Å². The molecule has 0 aromatic heterocycles. The highest BCUT2D eigenvalue weighted by Crippen LogP contribution is 2.15. The van der Waals surface area contributed by atoms with Crippen molar-refractivity contribution in [1.29, 1.82) is 0 Å². The van der Waals surface area contributed by atoms with Gasteiger partial charge in [-0.3, -0.25) is 19.7 Å². The Bertz CT molecular complexity index is 331. The third-order valence-corrected chi connectivity index (χ3v) is 1.81. The summed E-state index contributed by atoms with van der Waals surface area (Å²) in [4.78, 5) is 32.5. The van der Waals surface area contributed by atoms with Crippen LogP contribution < -0.4 is 5.32 Å². The van der Waals surface area contributed by atoms with Gasteiger partial charge in [-0.15, -0.1) is 0 Å². The Labute approximate surface area is 79.5 Å². The molecule has 76 valence electrons. The quantitative estimate of drug-likeness (QED) is 0.468. The van der Waals surface area contributed by atoms with Gasteiger partial charge in [0.1, 0.15) is 0 Å². The molecule has 0 saturated heterocycles. The molecular formula is C8H9NO5. The minimum absolute atomic E-state index is 0.00389. The molecule has 1 rings (SSSR count). The second-order valence-corrected chi connectivity index (χ2v) is 2.69. The standard InChI is InChI=1S/C8H9NO5/c1-14-5(10)3-2-4-6(11)8(13)9-7(4)12/h2-3H2,1H3,(H2,9,11,12,13). The predicted molar refractivity (Wildman–Crippen MR) is 44.1 cm³/mol. The number of nitrogens with one attached hydrogen (secondary N) is 1. The molecule has 0 radical (unpaired) electrons. The van der Waals surface area contributed by atoms with Crippen molar-refractivity contribution in [2.24, 2.45) is 0 Å². The Morgan fingerprint density at radius 2 is 2.07 bits per heavy atom. The van der Waals surface area contributed by atoms with Crippen molar-refractivity contribution in [2.45, 2.75) is 12.8 Å². The van der Waals surface area contributed by atoms with Crippen LogP contribution >= 0.6 is 0 Å². The van der Waals surface area contributed by atoms with Crippen molar-refractivity contribution >= 4 is 17.8 Å². The Hall–Kier alpha value is -1.85. The van der Waals surface area contributed by atoms with Crippen molar-refractivity contribution in [3.63, 3.8) is 0 Å². The van der Waals surface area contributed by atoms with E-state index in [1.54, 1.807) is 0 Å². The van der Waals surface area contributed by atoms with Crippen LogP contribution in [0.5, 0.6) is 0 Å². The van der Waals surface area contributed by atoms with E-state index in [0.29, 0.717) is 0 Å². The first-order valence-electron chi connectivity index (χ1n) is 3.91. The molecule has 0 aliphatic carbocycles. The van der Waals surface area contributed by atoms with Crippen LogP contribution in [0.4, 0.5) is 0 Å². The Kier molecular flexibility index (Phi) is 2.85. The molecule has 0 bridgehead atoms. The van der Waals surface area contributed by atoms with Crippen LogP contribution in [0, 0.1) is 0 Å². The number of hydrogen-bond acceptors (Lipinski definition) is 5. The summed E-state index contributed by atoms with van der Waals surface area (Å²) in [5.74, 6) is -2.59. The number of aliphatic hydroxyl groups is 1. The van der Waals surface area contributed by atoms with Crippen molar-refractivity contribution in [3.8, 4) is 0 Å². The molecule has 0 atom stereocenters. The lowest BCUT2D eigenvalue weighted by atomic mass is 10.1. The van der Waals surface area contributed by atoms with Crippen LogP contribution in [0.3, 0.4) is 0 Å². The number of carbonyl (C=O) groups is 3. The molecule has 1 aliphatic rings. The van der Waals surface area contributed by atoms with Gasteiger partial charge in [-0.05, 0) is 6.42 Å². The van der Waals surface area contributed by atoms with Crippen LogP contribution in [-0.4, -0.2) is 30.0 Å². The third kappa shape index (κ3) is 1.90. The van der Waals surface area contributed by atoms with Crippen LogP contribution in [-0.2, 0) is 19.1 Å². The van der Waals surface area contributed by atoms with E-state index in [-0.39, 0.29) is 18.4 Å². The van der Waals surface area contributed by atoms with Crippen LogP contribution in [0.1, 0.15) is 12.8 Å². The van der Waals surface area contributed by atoms with E-state index in [0.717, 1.165) is 0 Å². The molecule has 2 amide bonds. The van der Waals surface area contributed by atoms with Gasteiger partial charge in [0.15, 0.2) is 5.76 Å². The zero-order chi connectivity index (χ0) is 10.7. The number of ether oxygens (including phenoxy) is 1. The lowest BCUT2D eigenvalue weighted by molar-refractivity contribution is -0.140. The zero-order valence-corrected chi connectivity index (χ0v) is 7.49. The molecule has 6 heteroatoms. The van der Waals surface area contributed by atoms with Crippen LogP contribution in [0.15, 0.2) is 11.3 Å². The SMILES string of the molecule is COC(=O)CCC1=C(O)C(=O)NC1=O. The first-order valence-corrected chi connectivity index (χ1v) is 3.91. The van der Waals surface area contributed by atoms with Gasteiger partial charge in [0.05, 0.1) is 12.7 Å². The minimum atomic E-state index is -0.824. The first-order chi connectivity index (χ1) is 6.56. The van der Waals surface area contributed by atoms with Gasteiger partial charge in [-0.2, -0.15) is 0 Å². The molecule has 6 nitrogen and oxygen atoms in total. The molecule has 14 heavy (non-hydrogen) atoms. The maximum atomic E-state index is 11.0. The molecule has 0 aromatic rings. The molecular weight excluding hydrogens is 190 g/mol. The Morgan fingerprint density at radius 3 is 2.50 bits per heavy atom. The average molecular weight is 199 g/mol. The monoisotopic (exact) mass is 199 g/mol. The van der Waals surface area contributed by atoms with Crippen molar-refractivity contribution in [3.05, 3.63) is 11.3 Å². The van der Waals surface area contributed by atoms with Gasteiger partial charge in [-0.1, -0.05) is 0 Å². The molecule has 0 saturated carbocycles. The molecule has 1 heterocycles. The zero-order valence-electron chi connectivity index (χ0n) is 7.49. The summed E-state index contributed by atoms with van der Waals surface area (Å²) in [6.07, 6.45) is -0.0489. The number of methoxy groups -OCH3 is 1. The van der Waals surface area contributed by atoms with Gasteiger partial charge in [-0.25, -0.2) is 0 Å². The van der Waals surface area contributed by atoms with E-state index >= 15 is 0 Å². The van der Waals surface area contributed by atoms with Crippen LogP contribution in [0.25, 0.3) is 0 Å². The van der Waals surface area contributed by atoms with Crippen molar-refractivity contribution in [2.75, 3.05) is 7.11 Å². The molecule has 0 fully saturated rings. The van der Waals surface area contributed by atoms with E-state index in [1.165, 1.54) is 7.11 Å². The number of rotatable bonds is 3. The lowest BCUT2D eigenvalue weighted by Gasteiger charge is -1.98. The summed E-state index contributed by atoms with van der Waals surface area (Å²) in [6, 6.07) is 0. The van der Waals surface area contributed by atoms with Gasteiger partial charge < -0.3 is 9.84 Å². The second-order valence-electron chi connectivity index (χ2n) is 2.69. The summed E-state index contributed by atoms with van der Waals surface area (Å²) >= 11 is 0. The summed E-state index contributed by atoms with van der Waals surface area (Å²) < 4.78 is 4.35. The van der Waals surface area contributed by atoms with E-state index in [9.17, 15) is 14.4 Å². The first kappa shape index (κ1) is 10.2. The average Bonchev–Trinajstić information content (AvgIpc) is 2.39. The van der Waals surface area contributed by atoms with E-state index in [1.807, 2.05) is 5.32 Å². The van der Waals surface area contributed by atoms with Gasteiger partial charge in [0.25, 0.3) is 11.8 Å². The lowest BCUT2D eigenvalue weighted by Crippen LogP contribution is -2.23. The second kappa shape index (κ2) is 3.91. The third-order valence-electron chi connectivity index (χ3n) is 1.81. The molecule has 0 unspecified atom stereocenters. The van der Waals surface area contributed by atoms with Crippen molar-refractivity contribution in [1.82, 2.24) is 5.32 Å². The molecule has 1 aliphatic heterocycles. The smallest absolute Gasteiger partial charge is 0.305 e. The summed E-state index contributed by atoms with van der Waals surface area (Å²) in [5.41, 5.74) is -0.0691. The highest BCUT2D eigenvalue weighted by molar-refractivity contribution is 6.18. The normalized spacial score (nSPS) is 15.8. The van der Waals surface area contributed by atoms with E-state index in [4.69, 9.17) is 5.11 Å². The number of carbonyl (C=O) groups excluding carboxylic acids is 3. The molecule has 0 spiro atoms.